The Labute approximate surface area is 120 Å². The Morgan fingerprint density at radius 1 is 1.30 bits per heavy atom. The molecule has 1 aliphatic heterocycles. The minimum atomic E-state index is 0.202. The van der Waals surface area contributed by atoms with Crippen LogP contribution in [0.3, 0.4) is 0 Å². The highest BCUT2D eigenvalue weighted by atomic mass is 16.2. The van der Waals surface area contributed by atoms with E-state index in [0.717, 1.165) is 42.3 Å². The summed E-state index contributed by atoms with van der Waals surface area (Å²) in [5.41, 5.74) is 1.98. The zero-order chi connectivity index (χ0) is 14.1. The van der Waals surface area contributed by atoms with E-state index < -0.39 is 0 Å². The maximum Gasteiger partial charge on any atom is 0.256 e. The van der Waals surface area contributed by atoms with Crippen molar-refractivity contribution in [1.82, 2.24) is 9.47 Å². The fourth-order valence-corrected chi connectivity index (χ4v) is 3.36. The molecule has 0 saturated carbocycles. The van der Waals surface area contributed by atoms with Crippen LogP contribution in [0.5, 0.6) is 0 Å². The number of piperidine rings is 1. The van der Waals surface area contributed by atoms with Gasteiger partial charge in [0.2, 0.25) is 0 Å². The van der Waals surface area contributed by atoms with E-state index in [1.807, 2.05) is 36.0 Å². The number of carbonyl (C=O) groups is 1. The molecule has 2 heterocycles. The van der Waals surface area contributed by atoms with Crippen LogP contribution >= 0.6 is 0 Å². The second-order valence-corrected chi connectivity index (χ2v) is 5.73. The van der Waals surface area contributed by atoms with Gasteiger partial charge in [-0.05, 0) is 31.7 Å². The lowest BCUT2D eigenvalue weighted by Crippen LogP contribution is -2.43. The number of nitrogens with zero attached hydrogens (tertiary/aromatic N) is 2. The first-order valence-corrected chi connectivity index (χ1v) is 7.57. The van der Waals surface area contributed by atoms with Crippen LogP contribution in [0, 0.1) is 0 Å². The van der Waals surface area contributed by atoms with Crippen LogP contribution in [-0.2, 0) is 7.05 Å². The summed E-state index contributed by atoms with van der Waals surface area (Å²) in [5.74, 6) is 0.202. The SMILES string of the molecule is CC[C@@H]1CCCCN1C(=O)c1cn(C)c2ccccc12. The summed E-state index contributed by atoms with van der Waals surface area (Å²) < 4.78 is 2.05. The molecule has 1 aromatic heterocycles. The van der Waals surface area contributed by atoms with Crippen LogP contribution in [-0.4, -0.2) is 28.0 Å². The van der Waals surface area contributed by atoms with Crippen molar-refractivity contribution in [2.45, 2.75) is 38.6 Å². The summed E-state index contributed by atoms with van der Waals surface area (Å²) in [7, 11) is 2.01. The fourth-order valence-electron chi connectivity index (χ4n) is 3.36. The Kier molecular flexibility index (Phi) is 3.51. The summed E-state index contributed by atoms with van der Waals surface area (Å²) in [6, 6.07) is 8.56. The van der Waals surface area contributed by atoms with E-state index in [1.165, 1.54) is 6.42 Å². The zero-order valence-electron chi connectivity index (χ0n) is 12.3. The maximum atomic E-state index is 12.9. The van der Waals surface area contributed by atoms with Crippen molar-refractivity contribution in [1.29, 1.82) is 0 Å². The molecule has 0 radical (unpaired) electrons. The van der Waals surface area contributed by atoms with Crippen LogP contribution in [0.15, 0.2) is 30.5 Å². The Balaban J connectivity index is 2.00. The molecule has 1 amide bonds. The van der Waals surface area contributed by atoms with E-state index in [2.05, 4.69) is 17.9 Å². The number of fused-ring (bicyclic) bond motifs is 1. The molecule has 3 heteroatoms. The molecule has 0 spiro atoms. The highest BCUT2D eigenvalue weighted by Crippen LogP contribution is 2.26. The standard InChI is InChI=1S/C17H22N2O/c1-3-13-8-6-7-11-19(13)17(20)15-12-18(2)16-10-5-4-9-14(15)16/h4-5,9-10,12-13H,3,6-8,11H2,1-2H3/t13-/m1/s1. The highest BCUT2D eigenvalue weighted by molar-refractivity contribution is 6.07. The van der Waals surface area contributed by atoms with Crippen LogP contribution in [0.2, 0.25) is 0 Å². The quantitative estimate of drug-likeness (QED) is 0.818. The molecule has 3 rings (SSSR count). The van der Waals surface area contributed by atoms with Crippen LogP contribution in [0.4, 0.5) is 0 Å². The number of aromatic nitrogens is 1. The third kappa shape index (κ3) is 2.11. The first-order valence-electron chi connectivity index (χ1n) is 7.57. The van der Waals surface area contributed by atoms with E-state index in [-0.39, 0.29) is 5.91 Å². The molecular formula is C17H22N2O. The van der Waals surface area contributed by atoms with Crippen LogP contribution in [0.25, 0.3) is 10.9 Å². The average Bonchev–Trinajstić information content (AvgIpc) is 2.84. The monoisotopic (exact) mass is 270 g/mol. The molecule has 20 heavy (non-hydrogen) atoms. The highest BCUT2D eigenvalue weighted by Gasteiger charge is 2.27. The Morgan fingerprint density at radius 2 is 2.10 bits per heavy atom. The van der Waals surface area contributed by atoms with Gasteiger partial charge in [-0.3, -0.25) is 4.79 Å². The average molecular weight is 270 g/mol. The van der Waals surface area contributed by atoms with Gasteiger partial charge in [-0.25, -0.2) is 0 Å². The molecule has 1 atom stereocenters. The summed E-state index contributed by atoms with van der Waals surface area (Å²) in [6.07, 6.45) is 6.56. The van der Waals surface area contributed by atoms with E-state index in [4.69, 9.17) is 0 Å². The van der Waals surface area contributed by atoms with Gasteiger partial charge in [0, 0.05) is 36.7 Å². The number of aryl methyl sites for hydroxylation is 1. The Bertz CT molecular complexity index is 629. The lowest BCUT2D eigenvalue weighted by Gasteiger charge is -2.35. The van der Waals surface area contributed by atoms with E-state index in [1.54, 1.807) is 0 Å². The normalized spacial score (nSPS) is 19.5. The second-order valence-electron chi connectivity index (χ2n) is 5.73. The van der Waals surface area contributed by atoms with Crippen molar-refractivity contribution in [2.75, 3.05) is 6.54 Å². The van der Waals surface area contributed by atoms with Crippen molar-refractivity contribution in [3.05, 3.63) is 36.0 Å². The molecule has 2 aromatic rings. The molecule has 1 fully saturated rings. The van der Waals surface area contributed by atoms with E-state index in [9.17, 15) is 4.79 Å². The molecule has 1 saturated heterocycles. The van der Waals surface area contributed by atoms with Crippen LogP contribution < -0.4 is 0 Å². The van der Waals surface area contributed by atoms with Crippen LogP contribution in [0.1, 0.15) is 43.0 Å². The predicted octanol–water partition coefficient (Wildman–Crippen LogP) is 3.58. The molecule has 3 nitrogen and oxygen atoms in total. The molecule has 106 valence electrons. The van der Waals surface area contributed by atoms with Gasteiger partial charge in [-0.2, -0.15) is 0 Å². The van der Waals surface area contributed by atoms with Crippen molar-refractivity contribution in [3.63, 3.8) is 0 Å². The number of hydrogen-bond donors (Lipinski definition) is 0. The van der Waals surface area contributed by atoms with Gasteiger partial charge in [0.05, 0.1) is 5.56 Å². The van der Waals surface area contributed by atoms with Crippen molar-refractivity contribution >= 4 is 16.8 Å². The molecular weight excluding hydrogens is 248 g/mol. The lowest BCUT2D eigenvalue weighted by molar-refractivity contribution is 0.0610. The minimum absolute atomic E-state index is 0.202. The number of benzene rings is 1. The topological polar surface area (TPSA) is 25.2 Å². The van der Waals surface area contributed by atoms with Gasteiger partial charge in [0.1, 0.15) is 0 Å². The Morgan fingerprint density at radius 3 is 2.90 bits per heavy atom. The largest absolute Gasteiger partial charge is 0.350 e. The third-order valence-corrected chi connectivity index (χ3v) is 4.49. The minimum Gasteiger partial charge on any atom is -0.350 e. The van der Waals surface area contributed by atoms with E-state index in [0.29, 0.717) is 6.04 Å². The van der Waals surface area contributed by atoms with Gasteiger partial charge in [0.25, 0.3) is 5.91 Å². The van der Waals surface area contributed by atoms with Crippen molar-refractivity contribution < 1.29 is 4.79 Å². The summed E-state index contributed by atoms with van der Waals surface area (Å²) in [4.78, 5) is 15.0. The molecule has 0 bridgehead atoms. The number of hydrogen-bond acceptors (Lipinski definition) is 1. The molecule has 0 aliphatic carbocycles. The number of amides is 1. The first-order chi connectivity index (χ1) is 9.72. The number of rotatable bonds is 2. The molecule has 1 aromatic carbocycles. The summed E-state index contributed by atoms with van der Waals surface area (Å²) in [5, 5.41) is 1.07. The molecule has 0 unspecified atom stereocenters. The smallest absolute Gasteiger partial charge is 0.256 e. The molecule has 1 aliphatic rings. The maximum absolute atomic E-state index is 12.9. The summed E-state index contributed by atoms with van der Waals surface area (Å²) in [6.45, 7) is 3.08. The van der Waals surface area contributed by atoms with Gasteiger partial charge in [-0.15, -0.1) is 0 Å². The van der Waals surface area contributed by atoms with Gasteiger partial charge in [0.15, 0.2) is 0 Å². The lowest BCUT2D eigenvalue weighted by atomic mass is 9.99. The molecule has 0 N–H and O–H groups in total. The van der Waals surface area contributed by atoms with Gasteiger partial charge >= 0.3 is 0 Å². The van der Waals surface area contributed by atoms with Crippen molar-refractivity contribution in [3.8, 4) is 0 Å². The first kappa shape index (κ1) is 13.2. The zero-order valence-corrected chi connectivity index (χ0v) is 12.3. The van der Waals surface area contributed by atoms with Crippen molar-refractivity contribution in [2.24, 2.45) is 7.05 Å². The predicted molar refractivity (Wildman–Crippen MR) is 81.9 cm³/mol. The van der Waals surface area contributed by atoms with Gasteiger partial charge < -0.3 is 9.47 Å². The number of likely N-dealkylation sites (tertiary alicyclic amines) is 1. The Hall–Kier alpha value is -1.77. The number of carbonyl (C=O) groups excluding carboxylic acids is 1. The number of para-hydroxylation sites is 1. The summed E-state index contributed by atoms with van der Waals surface area (Å²) >= 11 is 0. The van der Waals surface area contributed by atoms with E-state index >= 15 is 0 Å². The second kappa shape index (κ2) is 5.31. The third-order valence-electron chi connectivity index (χ3n) is 4.49. The van der Waals surface area contributed by atoms with Gasteiger partial charge in [-0.1, -0.05) is 25.1 Å². The fraction of sp³-hybridized carbons (Fsp3) is 0.471.